The number of ether oxygens (including phenoxy) is 1. The SMILES string of the molecule is C=CC(=O)OC(CC)C[Si](O)O. The normalized spacial score (nSPS) is 12.7. The second kappa shape index (κ2) is 5.93. The molecular weight excluding hydrogens is 176 g/mol. The molecule has 0 rings (SSSR count). The highest BCUT2D eigenvalue weighted by atomic mass is 28.3. The maximum Gasteiger partial charge on any atom is 0.382 e. The third-order valence-electron chi connectivity index (χ3n) is 1.32. The molecule has 1 atom stereocenters. The molecule has 1 radical (unpaired) electrons. The summed E-state index contributed by atoms with van der Waals surface area (Å²) >= 11 is 0. The standard InChI is InChI=1S/C7H13O4Si/c1-3-6(5-12(9)10)11-7(8)4-2/h4,6,9-10H,2-3,5H2,1H3. The molecule has 0 aliphatic rings. The fourth-order valence-corrected chi connectivity index (χ4v) is 1.46. The van der Waals surface area contributed by atoms with Crippen LogP contribution < -0.4 is 0 Å². The van der Waals surface area contributed by atoms with Crippen LogP contribution in [0.25, 0.3) is 0 Å². The summed E-state index contributed by atoms with van der Waals surface area (Å²) in [5, 5.41) is 0. The van der Waals surface area contributed by atoms with Gasteiger partial charge < -0.3 is 14.3 Å². The molecule has 0 aliphatic heterocycles. The molecule has 0 heterocycles. The van der Waals surface area contributed by atoms with Gasteiger partial charge in [-0.2, -0.15) is 0 Å². The van der Waals surface area contributed by atoms with Crippen LogP contribution in [0.5, 0.6) is 0 Å². The van der Waals surface area contributed by atoms with Gasteiger partial charge in [0.15, 0.2) is 0 Å². The first-order chi connectivity index (χ1) is 5.60. The lowest BCUT2D eigenvalue weighted by Crippen LogP contribution is -2.24. The molecular formula is C7H13O4Si. The Bertz CT molecular complexity index is 157. The minimum atomic E-state index is -2.31. The van der Waals surface area contributed by atoms with Crippen LogP contribution in [-0.2, 0) is 9.53 Å². The molecule has 2 N–H and O–H groups in total. The Hall–Kier alpha value is -0.653. The van der Waals surface area contributed by atoms with Crippen LogP contribution in [0, 0.1) is 0 Å². The second-order valence-electron chi connectivity index (χ2n) is 2.29. The topological polar surface area (TPSA) is 66.8 Å². The Morgan fingerprint density at radius 1 is 1.75 bits per heavy atom. The average Bonchev–Trinajstić information content (AvgIpc) is 2.02. The van der Waals surface area contributed by atoms with Crippen LogP contribution >= 0.6 is 0 Å². The van der Waals surface area contributed by atoms with Gasteiger partial charge in [0, 0.05) is 12.1 Å². The Morgan fingerprint density at radius 2 is 2.33 bits per heavy atom. The lowest BCUT2D eigenvalue weighted by atomic mass is 10.3. The summed E-state index contributed by atoms with van der Waals surface area (Å²) in [6, 6.07) is 0.140. The molecule has 0 fully saturated rings. The van der Waals surface area contributed by atoms with Gasteiger partial charge in [-0.1, -0.05) is 13.5 Å². The lowest BCUT2D eigenvalue weighted by molar-refractivity contribution is -0.142. The molecule has 1 unspecified atom stereocenters. The second-order valence-corrected chi connectivity index (χ2v) is 3.53. The monoisotopic (exact) mass is 189 g/mol. The number of carbonyl (C=O) groups is 1. The Labute approximate surface area is 73.3 Å². The van der Waals surface area contributed by atoms with E-state index < -0.39 is 21.4 Å². The van der Waals surface area contributed by atoms with Gasteiger partial charge in [-0.05, 0) is 6.42 Å². The van der Waals surface area contributed by atoms with Crippen molar-refractivity contribution in [3.8, 4) is 0 Å². The molecule has 69 valence electrons. The maximum absolute atomic E-state index is 10.7. The predicted molar refractivity (Wildman–Crippen MR) is 45.4 cm³/mol. The highest BCUT2D eigenvalue weighted by Gasteiger charge is 2.16. The highest BCUT2D eigenvalue weighted by Crippen LogP contribution is 2.05. The van der Waals surface area contributed by atoms with Crippen LogP contribution in [0.1, 0.15) is 13.3 Å². The average molecular weight is 189 g/mol. The molecule has 4 nitrogen and oxygen atoms in total. The number of esters is 1. The van der Waals surface area contributed by atoms with E-state index in [1.165, 1.54) is 0 Å². The number of hydrogen-bond acceptors (Lipinski definition) is 4. The smallest absolute Gasteiger partial charge is 0.382 e. The molecule has 0 aliphatic carbocycles. The lowest BCUT2D eigenvalue weighted by Gasteiger charge is -2.13. The third-order valence-corrected chi connectivity index (χ3v) is 2.14. The van der Waals surface area contributed by atoms with Crippen molar-refractivity contribution in [3.05, 3.63) is 12.7 Å². The van der Waals surface area contributed by atoms with E-state index in [1.54, 1.807) is 0 Å². The van der Waals surface area contributed by atoms with E-state index >= 15 is 0 Å². The fraction of sp³-hybridized carbons (Fsp3) is 0.571. The van der Waals surface area contributed by atoms with E-state index in [-0.39, 0.29) is 6.04 Å². The van der Waals surface area contributed by atoms with Crippen molar-refractivity contribution in [2.24, 2.45) is 0 Å². The van der Waals surface area contributed by atoms with Crippen molar-refractivity contribution >= 4 is 15.3 Å². The predicted octanol–water partition coefficient (Wildman–Crippen LogP) is -0.0330. The van der Waals surface area contributed by atoms with Crippen molar-refractivity contribution in [1.29, 1.82) is 0 Å². The van der Waals surface area contributed by atoms with Crippen LogP contribution in [-0.4, -0.2) is 30.9 Å². The maximum atomic E-state index is 10.7. The van der Waals surface area contributed by atoms with Crippen molar-refractivity contribution in [2.75, 3.05) is 0 Å². The van der Waals surface area contributed by atoms with Crippen molar-refractivity contribution in [2.45, 2.75) is 25.5 Å². The van der Waals surface area contributed by atoms with E-state index in [4.69, 9.17) is 14.3 Å². The highest BCUT2D eigenvalue weighted by molar-refractivity contribution is 6.41. The summed E-state index contributed by atoms with van der Waals surface area (Å²) in [5.41, 5.74) is 0. The molecule has 12 heavy (non-hydrogen) atoms. The fourth-order valence-electron chi connectivity index (χ4n) is 0.685. The number of rotatable bonds is 5. The minimum absolute atomic E-state index is 0.140. The van der Waals surface area contributed by atoms with Gasteiger partial charge in [0.25, 0.3) is 0 Å². The van der Waals surface area contributed by atoms with Gasteiger partial charge in [0.05, 0.1) is 0 Å². The Morgan fingerprint density at radius 3 is 2.67 bits per heavy atom. The summed E-state index contributed by atoms with van der Waals surface area (Å²) in [4.78, 5) is 28.0. The summed E-state index contributed by atoms with van der Waals surface area (Å²) < 4.78 is 4.81. The van der Waals surface area contributed by atoms with E-state index in [2.05, 4.69) is 6.58 Å². The first-order valence-electron chi connectivity index (χ1n) is 3.67. The van der Waals surface area contributed by atoms with Crippen LogP contribution in [0.2, 0.25) is 6.04 Å². The summed E-state index contributed by atoms with van der Waals surface area (Å²) in [7, 11) is -2.31. The summed E-state index contributed by atoms with van der Waals surface area (Å²) in [6.07, 6.45) is 1.23. The molecule has 0 bridgehead atoms. The van der Waals surface area contributed by atoms with Crippen LogP contribution in [0.3, 0.4) is 0 Å². The van der Waals surface area contributed by atoms with E-state index in [9.17, 15) is 4.79 Å². The first-order valence-corrected chi connectivity index (χ1v) is 5.27. The Kier molecular flexibility index (Phi) is 5.61. The molecule has 0 aromatic carbocycles. The largest absolute Gasteiger partial charge is 0.459 e. The molecule has 0 amide bonds. The van der Waals surface area contributed by atoms with E-state index in [0.29, 0.717) is 6.42 Å². The molecule has 0 saturated carbocycles. The minimum Gasteiger partial charge on any atom is -0.459 e. The van der Waals surface area contributed by atoms with Gasteiger partial charge in [0.1, 0.15) is 6.10 Å². The van der Waals surface area contributed by atoms with Crippen LogP contribution in [0.4, 0.5) is 0 Å². The van der Waals surface area contributed by atoms with Crippen molar-refractivity contribution in [1.82, 2.24) is 0 Å². The summed E-state index contributed by atoms with van der Waals surface area (Å²) in [6.45, 7) is 5.05. The van der Waals surface area contributed by atoms with Crippen LogP contribution in [0.15, 0.2) is 12.7 Å². The first kappa shape index (κ1) is 11.3. The number of hydrogen-bond donors (Lipinski definition) is 2. The van der Waals surface area contributed by atoms with Gasteiger partial charge in [0.2, 0.25) is 0 Å². The van der Waals surface area contributed by atoms with Crippen molar-refractivity contribution < 1.29 is 19.1 Å². The van der Waals surface area contributed by atoms with Gasteiger partial charge in [-0.3, -0.25) is 0 Å². The van der Waals surface area contributed by atoms with Crippen molar-refractivity contribution in [3.63, 3.8) is 0 Å². The molecule has 0 aromatic rings. The molecule has 5 heteroatoms. The van der Waals surface area contributed by atoms with Gasteiger partial charge in [-0.25, -0.2) is 4.79 Å². The van der Waals surface area contributed by atoms with Gasteiger partial charge >= 0.3 is 15.3 Å². The van der Waals surface area contributed by atoms with E-state index in [1.807, 2.05) is 6.92 Å². The molecule has 0 saturated heterocycles. The number of carbonyl (C=O) groups excluding carboxylic acids is 1. The quantitative estimate of drug-likeness (QED) is 0.362. The zero-order valence-electron chi connectivity index (χ0n) is 6.99. The van der Waals surface area contributed by atoms with Gasteiger partial charge in [-0.15, -0.1) is 0 Å². The zero-order chi connectivity index (χ0) is 9.56. The molecule has 0 spiro atoms. The van der Waals surface area contributed by atoms with E-state index in [0.717, 1.165) is 6.08 Å². The third kappa shape index (κ3) is 5.06. The Balaban J connectivity index is 3.82. The summed E-state index contributed by atoms with van der Waals surface area (Å²) in [5.74, 6) is -0.523. The molecule has 0 aromatic heterocycles. The zero-order valence-corrected chi connectivity index (χ0v) is 7.99.